The van der Waals surface area contributed by atoms with Crippen molar-refractivity contribution in [3.8, 4) is 0 Å². The van der Waals surface area contributed by atoms with Gasteiger partial charge >= 0.3 is 0 Å². The number of aryl methyl sites for hydroxylation is 1. The van der Waals surface area contributed by atoms with Crippen LogP contribution in [0.4, 0.5) is 4.39 Å². The molecule has 5 heteroatoms. The number of morpholine rings is 1. The van der Waals surface area contributed by atoms with Gasteiger partial charge in [0.25, 0.3) is 5.91 Å². The Hall–Kier alpha value is -1.46. The van der Waals surface area contributed by atoms with E-state index in [1.54, 1.807) is 11.8 Å². The lowest BCUT2D eigenvalue weighted by molar-refractivity contribution is -0.0167. The number of nitrogens with zero attached hydrogens (tertiary/aromatic N) is 1. The molecule has 0 saturated carbocycles. The van der Waals surface area contributed by atoms with Crippen molar-refractivity contribution in [3.05, 3.63) is 35.1 Å². The predicted octanol–water partition coefficient (Wildman–Crippen LogP) is 0.934. The van der Waals surface area contributed by atoms with E-state index in [2.05, 4.69) is 0 Å². The summed E-state index contributed by atoms with van der Waals surface area (Å²) in [6, 6.07) is 4.20. The minimum Gasteiger partial charge on any atom is -0.373 e. The molecule has 0 aliphatic carbocycles. The lowest BCUT2D eigenvalue weighted by Gasteiger charge is -2.32. The Morgan fingerprint density at radius 1 is 1.61 bits per heavy atom. The van der Waals surface area contributed by atoms with E-state index >= 15 is 0 Å². The average molecular weight is 252 g/mol. The van der Waals surface area contributed by atoms with Crippen molar-refractivity contribution in [3.63, 3.8) is 0 Å². The Morgan fingerprint density at radius 3 is 3.06 bits per heavy atom. The zero-order chi connectivity index (χ0) is 13.1. The molecule has 1 heterocycles. The first-order valence-corrected chi connectivity index (χ1v) is 5.99. The van der Waals surface area contributed by atoms with E-state index in [1.807, 2.05) is 0 Å². The molecule has 4 nitrogen and oxygen atoms in total. The van der Waals surface area contributed by atoms with Crippen LogP contribution >= 0.6 is 0 Å². The maximum absolute atomic E-state index is 13.0. The van der Waals surface area contributed by atoms with Gasteiger partial charge in [0.15, 0.2) is 0 Å². The Balaban J connectivity index is 2.15. The zero-order valence-corrected chi connectivity index (χ0v) is 10.4. The van der Waals surface area contributed by atoms with E-state index in [0.717, 1.165) is 0 Å². The minimum absolute atomic E-state index is 0.0887. The van der Waals surface area contributed by atoms with Crippen LogP contribution < -0.4 is 5.73 Å². The SMILES string of the molecule is Cc1cc(F)ccc1C(=O)N1CCOC(CN)C1. The number of rotatable bonds is 2. The highest BCUT2D eigenvalue weighted by Crippen LogP contribution is 2.15. The van der Waals surface area contributed by atoms with Crippen LogP contribution in [-0.4, -0.2) is 43.2 Å². The van der Waals surface area contributed by atoms with Gasteiger partial charge in [0.2, 0.25) is 0 Å². The molecule has 1 aliphatic heterocycles. The maximum Gasteiger partial charge on any atom is 0.254 e. The number of nitrogens with two attached hydrogens (primary N) is 1. The molecule has 1 unspecified atom stereocenters. The van der Waals surface area contributed by atoms with E-state index in [-0.39, 0.29) is 17.8 Å². The summed E-state index contributed by atoms with van der Waals surface area (Å²) in [6.45, 7) is 3.66. The van der Waals surface area contributed by atoms with Gasteiger partial charge in [-0.25, -0.2) is 4.39 Å². The molecule has 1 aromatic carbocycles. The quantitative estimate of drug-likeness (QED) is 0.852. The fourth-order valence-corrected chi connectivity index (χ4v) is 2.08. The fourth-order valence-electron chi connectivity index (χ4n) is 2.08. The second kappa shape index (κ2) is 5.46. The number of amides is 1. The lowest BCUT2D eigenvalue weighted by Crippen LogP contribution is -2.48. The van der Waals surface area contributed by atoms with Gasteiger partial charge < -0.3 is 15.4 Å². The molecule has 1 aliphatic rings. The molecule has 1 amide bonds. The number of ether oxygens (including phenoxy) is 1. The number of carbonyl (C=O) groups is 1. The third kappa shape index (κ3) is 2.68. The highest BCUT2D eigenvalue weighted by molar-refractivity contribution is 5.95. The third-order valence-electron chi connectivity index (χ3n) is 3.11. The molecule has 0 spiro atoms. The number of benzene rings is 1. The van der Waals surface area contributed by atoms with Gasteiger partial charge in [-0.2, -0.15) is 0 Å². The summed E-state index contributed by atoms with van der Waals surface area (Å²) in [5.74, 6) is -0.417. The van der Waals surface area contributed by atoms with Crippen molar-refractivity contribution in [2.24, 2.45) is 5.73 Å². The summed E-state index contributed by atoms with van der Waals surface area (Å²) in [4.78, 5) is 14.0. The van der Waals surface area contributed by atoms with E-state index in [9.17, 15) is 9.18 Å². The van der Waals surface area contributed by atoms with Crippen LogP contribution in [0.25, 0.3) is 0 Å². The topological polar surface area (TPSA) is 55.6 Å². The minimum atomic E-state index is -0.328. The van der Waals surface area contributed by atoms with Gasteiger partial charge in [0.1, 0.15) is 5.82 Å². The van der Waals surface area contributed by atoms with E-state index in [0.29, 0.717) is 37.4 Å². The van der Waals surface area contributed by atoms with Crippen molar-refractivity contribution < 1.29 is 13.9 Å². The maximum atomic E-state index is 13.0. The summed E-state index contributed by atoms with van der Waals surface area (Å²) >= 11 is 0. The van der Waals surface area contributed by atoms with Crippen molar-refractivity contribution >= 4 is 5.91 Å². The molecular weight excluding hydrogens is 235 g/mol. The van der Waals surface area contributed by atoms with Crippen LogP contribution in [0, 0.1) is 12.7 Å². The first-order chi connectivity index (χ1) is 8.61. The summed E-state index contributed by atoms with van der Waals surface area (Å²) in [5.41, 5.74) is 6.73. The van der Waals surface area contributed by atoms with Crippen LogP contribution in [0.5, 0.6) is 0 Å². The van der Waals surface area contributed by atoms with Gasteiger partial charge in [-0.3, -0.25) is 4.79 Å². The number of halogens is 1. The molecule has 1 atom stereocenters. The normalized spacial score (nSPS) is 19.9. The predicted molar refractivity (Wildman–Crippen MR) is 65.8 cm³/mol. The van der Waals surface area contributed by atoms with E-state index in [1.165, 1.54) is 18.2 Å². The zero-order valence-electron chi connectivity index (χ0n) is 10.4. The second-order valence-corrected chi connectivity index (χ2v) is 4.44. The molecule has 98 valence electrons. The monoisotopic (exact) mass is 252 g/mol. The number of hydrogen-bond acceptors (Lipinski definition) is 3. The largest absolute Gasteiger partial charge is 0.373 e. The highest BCUT2D eigenvalue weighted by Gasteiger charge is 2.24. The average Bonchev–Trinajstić information content (AvgIpc) is 2.38. The smallest absolute Gasteiger partial charge is 0.254 e. The highest BCUT2D eigenvalue weighted by atomic mass is 19.1. The second-order valence-electron chi connectivity index (χ2n) is 4.44. The molecule has 2 N–H and O–H groups in total. The Morgan fingerprint density at radius 2 is 2.39 bits per heavy atom. The van der Waals surface area contributed by atoms with Crippen molar-refractivity contribution in [2.45, 2.75) is 13.0 Å². The molecule has 1 saturated heterocycles. The molecule has 18 heavy (non-hydrogen) atoms. The summed E-state index contributed by atoms with van der Waals surface area (Å²) in [5, 5.41) is 0. The van der Waals surface area contributed by atoms with Gasteiger partial charge in [-0.1, -0.05) is 0 Å². The van der Waals surface area contributed by atoms with Gasteiger partial charge in [0.05, 0.1) is 12.7 Å². The molecule has 2 rings (SSSR count). The van der Waals surface area contributed by atoms with Crippen molar-refractivity contribution in [2.75, 3.05) is 26.2 Å². The Kier molecular flexibility index (Phi) is 3.93. The van der Waals surface area contributed by atoms with Crippen LogP contribution in [0.1, 0.15) is 15.9 Å². The van der Waals surface area contributed by atoms with Gasteiger partial charge in [-0.05, 0) is 30.7 Å². The third-order valence-corrected chi connectivity index (χ3v) is 3.11. The van der Waals surface area contributed by atoms with Crippen LogP contribution in [0.3, 0.4) is 0 Å². The van der Waals surface area contributed by atoms with E-state index < -0.39 is 0 Å². The molecular formula is C13H17FN2O2. The number of hydrogen-bond donors (Lipinski definition) is 1. The molecule has 1 fully saturated rings. The molecule has 0 radical (unpaired) electrons. The number of carbonyl (C=O) groups excluding carboxylic acids is 1. The van der Waals surface area contributed by atoms with Gasteiger partial charge in [0, 0.05) is 25.2 Å². The first-order valence-electron chi connectivity index (χ1n) is 5.99. The first kappa shape index (κ1) is 13.0. The van der Waals surface area contributed by atoms with Crippen LogP contribution in [0.15, 0.2) is 18.2 Å². The molecule has 0 aromatic heterocycles. The Labute approximate surface area is 106 Å². The standard InChI is InChI=1S/C13H17FN2O2/c1-9-6-10(14)2-3-12(9)13(17)16-4-5-18-11(7-15)8-16/h2-3,6,11H,4-5,7-8,15H2,1H3. The molecule has 0 bridgehead atoms. The molecule has 1 aromatic rings. The van der Waals surface area contributed by atoms with Gasteiger partial charge in [-0.15, -0.1) is 0 Å². The summed E-state index contributed by atoms with van der Waals surface area (Å²) in [6.07, 6.45) is -0.108. The van der Waals surface area contributed by atoms with Crippen molar-refractivity contribution in [1.82, 2.24) is 4.90 Å². The summed E-state index contributed by atoms with van der Waals surface area (Å²) < 4.78 is 18.4. The van der Waals surface area contributed by atoms with Crippen LogP contribution in [0.2, 0.25) is 0 Å². The van der Waals surface area contributed by atoms with Crippen LogP contribution in [-0.2, 0) is 4.74 Å². The van der Waals surface area contributed by atoms with Crippen molar-refractivity contribution in [1.29, 1.82) is 0 Å². The van der Waals surface area contributed by atoms with E-state index in [4.69, 9.17) is 10.5 Å². The summed E-state index contributed by atoms with van der Waals surface area (Å²) in [7, 11) is 0. The fraction of sp³-hybridized carbons (Fsp3) is 0.462. The lowest BCUT2D eigenvalue weighted by atomic mass is 10.1. The Bertz CT molecular complexity index is 451.